The van der Waals surface area contributed by atoms with Crippen LogP contribution in [0.15, 0.2) is 180 Å². The zero-order valence-electron chi connectivity index (χ0n) is 30.8. The number of benzene rings is 6. The van der Waals surface area contributed by atoms with Gasteiger partial charge in [-0.2, -0.15) is 0 Å². The molecule has 0 N–H and O–H groups in total. The Hall–Kier alpha value is -5.34. The van der Waals surface area contributed by atoms with Gasteiger partial charge in [-0.15, -0.1) is 0 Å². The van der Waals surface area contributed by atoms with Crippen LogP contribution in [0, 0.1) is 0 Å². The van der Waals surface area contributed by atoms with Gasteiger partial charge < -0.3 is 28.1 Å². The lowest BCUT2D eigenvalue weighted by Crippen LogP contribution is -2.58. The van der Waals surface area contributed by atoms with E-state index in [2.05, 4.69) is 84.9 Å². The standard InChI is InChI=1S/C49H46O6/c1-5-16-36(17-6-1)31-50-35-45-47(51-32-37-18-7-2-8-19-37)49(53-34-39-22-11-4-12-23-39)48(52-33-38-20-9-3-10-21-38)46(55-45)42-26-15-24-40(28-42)29-43-30-41-25-13-14-27-44(41)54-43/h1-28,30,45-49H,29,31-35H2/t45-,46+,47-,48+,49+/m1/s1. The van der Waals surface area contributed by atoms with Crippen molar-refractivity contribution in [3.8, 4) is 0 Å². The molecule has 6 aromatic carbocycles. The molecule has 0 amide bonds. The molecular weight excluding hydrogens is 685 g/mol. The Bertz CT molecular complexity index is 2150. The molecule has 6 heteroatoms. The van der Waals surface area contributed by atoms with Crippen LogP contribution in [-0.2, 0) is 56.5 Å². The number of furan rings is 1. The average molecular weight is 731 g/mol. The van der Waals surface area contributed by atoms with Gasteiger partial charge >= 0.3 is 0 Å². The zero-order valence-corrected chi connectivity index (χ0v) is 30.8. The third kappa shape index (κ3) is 9.67. The number of rotatable bonds is 16. The van der Waals surface area contributed by atoms with Gasteiger partial charge in [-0.3, -0.25) is 0 Å². The Morgan fingerprint density at radius 1 is 0.436 bits per heavy atom. The van der Waals surface area contributed by atoms with E-state index in [0.717, 1.165) is 50.1 Å². The fraction of sp³-hybridized carbons (Fsp3) is 0.224. The summed E-state index contributed by atoms with van der Waals surface area (Å²) in [6, 6.07) is 59.7. The first-order chi connectivity index (χ1) is 27.2. The SMILES string of the molecule is c1ccc(COC[C@H]2O[C@@H](c3cccc(Cc4cc5ccccc5o4)c3)[C@H](OCc3ccccc3)[C@@H](OCc3ccccc3)[C@@H]2OCc2ccccc2)cc1. The Morgan fingerprint density at radius 2 is 0.945 bits per heavy atom. The first-order valence-corrected chi connectivity index (χ1v) is 19.1. The second-order valence-electron chi connectivity index (χ2n) is 14.1. The molecular formula is C49H46O6. The van der Waals surface area contributed by atoms with Crippen molar-refractivity contribution < 1.29 is 28.1 Å². The summed E-state index contributed by atoms with van der Waals surface area (Å²) in [6.45, 7) is 1.92. The quantitative estimate of drug-likeness (QED) is 0.0987. The van der Waals surface area contributed by atoms with Crippen LogP contribution in [0.2, 0.25) is 0 Å². The maximum Gasteiger partial charge on any atom is 0.134 e. The molecule has 0 bridgehead atoms. The smallest absolute Gasteiger partial charge is 0.134 e. The lowest BCUT2D eigenvalue weighted by atomic mass is 9.89. The van der Waals surface area contributed by atoms with Crippen molar-refractivity contribution in [3.05, 3.63) is 215 Å². The number of fused-ring (bicyclic) bond motifs is 1. The van der Waals surface area contributed by atoms with Gasteiger partial charge in [0.25, 0.3) is 0 Å². The van der Waals surface area contributed by atoms with E-state index < -0.39 is 30.5 Å². The Labute approximate surface area is 323 Å². The van der Waals surface area contributed by atoms with E-state index in [-0.39, 0.29) is 0 Å². The van der Waals surface area contributed by atoms with Crippen LogP contribution in [0.1, 0.15) is 45.2 Å². The molecule has 1 fully saturated rings. The van der Waals surface area contributed by atoms with Crippen LogP contribution in [0.4, 0.5) is 0 Å². The van der Waals surface area contributed by atoms with E-state index in [9.17, 15) is 0 Å². The van der Waals surface area contributed by atoms with Gasteiger partial charge in [0.15, 0.2) is 0 Å². The largest absolute Gasteiger partial charge is 0.461 e. The summed E-state index contributed by atoms with van der Waals surface area (Å²) in [7, 11) is 0. The van der Waals surface area contributed by atoms with E-state index in [1.165, 1.54) is 0 Å². The molecule has 1 aromatic heterocycles. The number of hydrogen-bond donors (Lipinski definition) is 0. The van der Waals surface area contributed by atoms with Crippen LogP contribution < -0.4 is 0 Å². The summed E-state index contributed by atoms with van der Waals surface area (Å²) in [5, 5.41) is 1.09. The molecule has 6 nitrogen and oxygen atoms in total. The number of para-hydroxylation sites is 1. The molecule has 1 saturated heterocycles. The second kappa shape index (κ2) is 18.3. The molecule has 0 spiro atoms. The van der Waals surface area contributed by atoms with Crippen LogP contribution in [0.3, 0.4) is 0 Å². The van der Waals surface area contributed by atoms with Crippen LogP contribution >= 0.6 is 0 Å². The molecule has 0 aliphatic carbocycles. The minimum atomic E-state index is -0.517. The molecule has 55 heavy (non-hydrogen) atoms. The molecule has 0 radical (unpaired) electrons. The van der Waals surface area contributed by atoms with Crippen LogP contribution in [0.5, 0.6) is 0 Å². The van der Waals surface area contributed by atoms with Crippen LogP contribution in [-0.4, -0.2) is 31.0 Å². The number of hydrogen-bond acceptors (Lipinski definition) is 6. The summed E-state index contributed by atoms with van der Waals surface area (Å²) in [5.74, 6) is 0.908. The van der Waals surface area contributed by atoms with Gasteiger partial charge in [0.2, 0.25) is 0 Å². The third-order valence-corrected chi connectivity index (χ3v) is 10.0. The van der Waals surface area contributed by atoms with Gasteiger partial charge in [0, 0.05) is 11.8 Å². The van der Waals surface area contributed by atoms with E-state index in [0.29, 0.717) is 39.5 Å². The van der Waals surface area contributed by atoms with Gasteiger partial charge in [-0.25, -0.2) is 0 Å². The average Bonchev–Trinajstić information content (AvgIpc) is 3.65. The lowest BCUT2D eigenvalue weighted by molar-refractivity contribution is -0.275. The Morgan fingerprint density at radius 3 is 1.55 bits per heavy atom. The minimum absolute atomic E-state index is 0.306. The maximum atomic E-state index is 7.17. The van der Waals surface area contributed by atoms with Gasteiger partial charge in [0.05, 0.1) is 33.0 Å². The van der Waals surface area contributed by atoms with Gasteiger partial charge in [-0.1, -0.05) is 164 Å². The third-order valence-electron chi connectivity index (χ3n) is 10.0. The van der Waals surface area contributed by atoms with Crippen molar-refractivity contribution in [1.82, 2.24) is 0 Å². The summed E-state index contributed by atoms with van der Waals surface area (Å²) in [6.07, 6.45) is -1.83. The van der Waals surface area contributed by atoms with Crippen molar-refractivity contribution in [2.75, 3.05) is 6.61 Å². The highest BCUT2D eigenvalue weighted by atomic mass is 16.6. The van der Waals surface area contributed by atoms with E-state index in [4.69, 9.17) is 28.1 Å². The highest BCUT2D eigenvalue weighted by Gasteiger charge is 2.49. The van der Waals surface area contributed by atoms with Crippen molar-refractivity contribution in [1.29, 1.82) is 0 Å². The predicted octanol–water partition coefficient (Wildman–Crippen LogP) is 10.4. The molecule has 8 rings (SSSR count). The molecule has 0 unspecified atom stereocenters. The molecule has 2 heterocycles. The summed E-state index contributed by atoms with van der Waals surface area (Å²) in [5.41, 5.74) is 7.29. The Balaban J connectivity index is 1.14. The fourth-order valence-electron chi connectivity index (χ4n) is 7.26. The van der Waals surface area contributed by atoms with Gasteiger partial charge in [0.1, 0.15) is 41.9 Å². The first kappa shape index (κ1) is 36.6. The maximum absolute atomic E-state index is 7.17. The molecule has 0 saturated carbocycles. The monoisotopic (exact) mass is 730 g/mol. The first-order valence-electron chi connectivity index (χ1n) is 19.1. The molecule has 1 aliphatic rings. The highest BCUT2D eigenvalue weighted by molar-refractivity contribution is 5.77. The Kier molecular flexibility index (Phi) is 12.2. The van der Waals surface area contributed by atoms with E-state index >= 15 is 0 Å². The molecule has 5 atom stereocenters. The second-order valence-corrected chi connectivity index (χ2v) is 14.1. The van der Waals surface area contributed by atoms with Crippen LogP contribution in [0.25, 0.3) is 11.0 Å². The molecule has 278 valence electrons. The van der Waals surface area contributed by atoms with E-state index in [1.807, 2.05) is 91.0 Å². The van der Waals surface area contributed by atoms with E-state index in [1.54, 1.807) is 0 Å². The molecule has 1 aliphatic heterocycles. The topological polar surface area (TPSA) is 59.3 Å². The molecule has 7 aromatic rings. The summed E-state index contributed by atoms with van der Waals surface area (Å²) < 4.78 is 40.6. The summed E-state index contributed by atoms with van der Waals surface area (Å²) >= 11 is 0. The van der Waals surface area contributed by atoms with Crippen molar-refractivity contribution >= 4 is 11.0 Å². The zero-order chi connectivity index (χ0) is 37.1. The van der Waals surface area contributed by atoms with Crippen molar-refractivity contribution in [2.24, 2.45) is 0 Å². The van der Waals surface area contributed by atoms with Gasteiger partial charge in [-0.05, 0) is 45.5 Å². The summed E-state index contributed by atoms with van der Waals surface area (Å²) in [4.78, 5) is 0. The fourth-order valence-corrected chi connectivity index (χ4v) is 7.26. The predicted molar refractivity (Wildman–Crippen MR) is 214 cm³/mol. The lowest BCUT2D eigenvalue weighted by Gasteiger charge is -2.46. The van der Waals surface area contributed by atoms with Crippen molar-refractivity contribution in [2.45, 2.75) is 63.4 Å². The highest BCUT2D eigenvalue weighted by Crippen LogP contribution is 2.39. The normalized spacial score (nSPS) is 19.7. The number of ether oxygens (including phenoxy) is 5. The minimum Gasteiger partial charge on any atom is -0.461 e. The van der Waals surface area contributed by atoms with Crippen molar-refractivity contribution in [3.63, 3.8) is 0 Å².